The molecule has 1 aliphatic heterocycles. The number of likely N-dealkylation sites (tertiary alicyclic amines) is 1. The van der Waals surface area contributed by atoms with E-state index in [0.29, 0.717) is 11.9 Å². The fraction of sp³-hybridized carbons (Fsp3) is 0.929. The van der Waals surface area contributed by atoms with Crippen molar-refractivity contribution >= 4 is 5.91 Å². The first-order valence-electron chi connectivity index (χ1n) is 7.57. The number of nitrogens with zero attached hydrogens (tertiary/aromatic N) is 2. The molecule has 0 aromatic carbocycles. The molecule has 3 fully saturated rings. The molecule has 0 radical (unpaired) electrons. The van der Waals surface area contributed by atoms with E-state index in [1.165, 1.54) is 25.7 Å². The van der Waals surface area contributed by atoms with E-state index in [9.17, 15) is 4.79 Å². The molecule has 102 valence electrons. The molecule has 1 heterocycles. The maximum atomic E-state index is 12.2. The number of carbonyl (C=O) groups excluding carboxylic acids is 1. The highest BCUT2D eigenvalue weighted by atomic mass is 16.2. The van der Waals surface area contributed by atoms with Crippen LogP contribution in [0, 0.1) is 0 Å². The van der Waals surface area contributed by atoms with Crippen molar-refractivity contribution in [1.29, 1.82) is 0 Å². The maximum absolute atomic E-state index is 12.2. The zero-order valence-electron chi connectivity index (χ0n) is 11.4. The predicted octanol–water partition coefficient (Wildman–Crippen LogP) is 0.824. The van der Waals surface area contributed by atoms with Gasteiger partial charge >= 0.3 is 0 Å². The summed E-state index contributed by atoms with van der Waals surface area (Å²) in [5, 5.41) is 3.46. The van der Waals surface area contributed by atoms with Crippen LogP contribution in [-0.4, -0.2) is 60.0 Å². The largest absolute Gasteiger partial charge is 0.340 e. The third-order valence-corrected chi connectivity index (χ3v) is 4.44. The number of amides is 1. The van der Waals surface area contributed by atoms with Gasteiger partial charge in [0.25, 0.3) is 0 Å². The molecule has 4 nitrogen and oxygen atoms in total. The highest BCUT2D eigenvalue weighted by Crippen LogP contribution is 2.26. The van der Waals surface area contributed by atoms with Crippen molar-refractivity contribution in [3.05, 3.63) is 0 Å². The van der Waals surface area contributed by atoms with Gasteiger partial charge in [-0.2, -0.15) is 0 Å². The minimum Gasteiger partial charge on any atom is -0.340 e. The monoisotopic (exact) mass is 251 g/mol. The standard InChI is InChI=1S/C14H25N3O/c1-2-16(12-5-6-12)9-10-17-8-7-13(14(17)18)15-11-3-4-11/h11-13,15H,2-10H2,1H3. The molecule has 1 unspecified atom stereocenters. The number of likely N-dealkylation sites (N-methyl/N-ethyl adjacent to an activating group) is 1. The van der Waals surface area contributed by atoms with Crippen LogP contribution in [0.1, 0.15) is 39.0 Å². The minimum atomic E-state index is 0.119. The van der Waals surface area contributed by atoms with Crippen LogP contribution in [0.15, 0.2) is 0 Å². The molecule has 2 aliphatic carbocycles. The van der Waals surface area contributed by atoms with Gasteiger partial charge in [-0.3, -0.25) is 9.69 Å². The number of hydrogen-bond acceptors (Lipinski definition) is 3. The van der Waals surface area contributed by atoms with E-state index < -0.39 is 0 Å². The second-order valence-corrected chi connectivity index (χ2v) is 5.97. The van der Waals surface area contributed by atoms with Gasteiger partial charge in [0.15, 0.2) is 0 Å². The van der Waals surface area contributed by atoms with Crippen LogP contribution in [-0.2, 0) is 4.79 Å². The highest BCUT2D eigenvalue weighted by Gasteiger charge is 2.36. The first-order valence-corrected chi connectivity index (χ1v) is 7.57. The fourth-order valence-corrected chi connectivity index (χ4v) is 2.94. The zero-order valence-corrected chi connectivity index (χ0v) is 11.4. The van der Waals surface area contributed by atoms with E-state index >= 15 is 0 Å². The van der Waals surface area contributed by atoms with Crippen LogP contribution >= 0.6 is 0 Å². The van der Waals surface area contributed by atoms with Gasteiger partial charge in [-0.05, 0) is 38.6 Å². The molecule has 0 aromatic heterocycles. The first-order chi connectivity index (χ1) is 8.78. The topological polar surface area (TPSA) is 35.6 Å². The second kappa shape index (κ2) is 5.17. The lowest BCUT2D eigenvalue weighted by Gasteiger charge is -2.24. The van der Waals surface area contributed by atoms with Gasteiger partial charge < -0.3 is 10.2 Å². The Morgan fingerprint density at radius 2 is 2.06 bits per heavy atom. The van der Waals surface area contributed by atoms with Crippen molar-refractivity contribution in [2.45, 2.75) is 57.2 Å². The molecular weight excluding hydrogens is 226 g/mol. The Morgan fingerprint density at radius 1 is 1.28 bits per heavy atom. The van der Waals surface area contributed by atoms with E-state index in [1.54, 1.807) is 0 Å². The zero-order chi connectivity index (χ0) is 12.5. The molecular formula is C14H25N3O. The lowest BCUT2D eigenvalue weighted by molar-refractivity contribution is -0.129. The van der Waals surface area contributed by atoms with E-state index in [0.717, 1.165) is 38.6 Å². The van der Waals surface area contributed by atoms with Gasteiger partial charge in [0.1, 0.15) is 0 Å². The number of carbonyl (C=O) groups is 1. The van der Waals surface area contributed by atoms with Crippen molar-refractivity contribution in [2.24, 2.45) is 0 Å². The Morgan fingerprint density at radius 3 is 2.67 bits per heavy atom. The average Bonchev–Trinajstić information content (AvgIpc) is 3.25. The van der Waals surface area contributed by atoms with Crippen molar-refractivity contribution in [2.75, 3.05) is 26.2 Å². The number of hydrogen-bond donors (Lipinski definition) is 1. The Labute approximate surface area is 110 Å². The van der Waals surface area contributed by atoms with Gasteiger partial charge in [0.05, 0.1) is 6.04 Å². The summed E-state index contributed by atoms with van der Waals surface area (Å²) in [5.74, 6) is 0.341. The van der Waals surface area contributed by atoms with Crippen LogP contribution in [0.5, 0.6) is 0 Å². The maximum Gasteiger partial charge on any atom is 0.239 e. The minimum absolute atomic E-state index is 0.119. The summed E-state index contributed by atoms with van der Waals surface area (Å²) in [6.07, 6.45) is 6.23. The Hall–Kier alpha value is -0.610. The van der Waals surface area contributed by atoms with Crippen molar-refractivity contribution in [3.63, 3.8) is 0 Å². The molecule has 2 saturated carbocycles. The first kappa shape index (κ1) is 12.4. The normalized spacial score (nSPS) is 28.4. The molecule has 1 atom stereocenters. The average molecular weight is 251 g/mol. The summed E-state index contributed by atoms with van der Waals surface area (Å²) < 4.78 is 0. The molecule has 1 N–H and O–H groups in total. The number of nitrogens with one attached hydrogen (secondary N) is 1. The van der Waals surface area contributed by atoms with E-state index in [1.807, 2.05) is 0 Å². The predicted molar refractivity (Wildman–Crippen MR) is 71.4 cm³/mol. The molecule has 0 aromatic rings. The van der Waals surface area contributed by atoms with Gasteiger partial charge in [-0.25, -0.2) is 0 Å². The van der Waals surface area contributed by atoms with Gasteiger partial charge in [0, 0.05) is 31.7 Å². The summed E-state index contributed by atoms with van der Waals surface area (Å²) in [5.41, 5.74) is 0. The molecule has 4 heteroatoms. The van der Waals surface area contributed by atoms with Gasteiger partial charge in [-0.1, -0.05) is 6.92 Å². The molecule has 0 bridgehead atoms. The lowest BCUT2D eigenvalue weighted by Crippen LogP contribution is -2.42. The molecule has 1 saturated heterocycles. The van der Waals surface area contributed by atoms with E-state index in [-0.39, 0.29) is 6.04 Å². The summed E-state index contributed by atoms with van der Waals surface area (Å²) >= 11 is 0. The van der Waals surface area contributed by atoms with Crippen molar-refractivity contribution < 1.29 is 4.79 Å². The van der Waals surface area contributed by atoms with Crippen LogP contribution in [0.3, 0.4) is 0 Å². The Balaban J connectivity index is 1.43. The Bertz CT molecular complexity index is 312. The van der Waals surface area contributed by atoms with Crippen LogP contribution in [0.4, 0.5) is 0 Å². The SMILES string of the molecule is CCN(CCN1CCC(NC2CC2)C1=O)C1CC1. The van der Waals surface area contributed by atoms with Crippen molar-refractivity contribution in [1.82, 2.24) is 15.1 Å². The van der Waals surface area contributed by atoms with E-state index in [4.69, 9.17) is 0 Å². The molecule has 3 rings (SSSR count). The molecule has 3 aliphatic rings. The van der Waals surface area contributed by atoms with Crippen LogP contribution in [0.25, 0.3) is 0 Å². The molecule has 18 heavy (non-hydrogen) atoms. The van der Waals surface area contributed by atoms with E-state index in [2.05, 4.69) is 22.0 Å². The molecule has 0 spiro atoms. The third-order valence-electron chi connectivity index (χ3n) is 4.44. The number of rotatable bonds is 7. The second-order valence-electron chi connectivity index (χ2n) is 5.97. The van der Waals surface area contributed by atoms with Crippen molar-refractivity contribution in [3.8, 4) is 0 Å². The summed E-state index contributed by atoms with van der Waals surface area (Å²) in [6.45, 7) is 6.28. The third kappa shape index (κ3) is 2.86. The summed E-state index contributed by atoms with van der Waals surface area (Å²) in [6, 6.07) is 1.57. The fourth-order valence-electron chi connectivity index (χ4n) is 2.94. The highest BCUT2D eigenvalue weighted by molar-refractivity contribution is 5.84. The van der Waals surface area contributed by atoms with Gasteiger partial charge in [-0.15, -0.1) is 0 Å². The summed E-state index contributed by atoms with van der Waals surface area (Å²) in [7, 11) is 0. The molecule has 1 amide bonds. The lowest BCUT2D eigenvalue weighted by atomic mass is 10.2. The van der Waals surface area contributed by atoms with Gasteiger partial charge in [0.2, 0.25) is 5.91 Å². The van der Waals surface area contributed by atoms with Crippen LogP contribution in [0.2, 0.25) is 0 Å². The quantitative estimate of drug-likeness (QED) is 0.728. The van der Waals surface area contributed by atoms with Crippen LogP contribution < -0.4 is 5.32 Å². The Kier molecular flexibility index (Phi) is 3.57. The smallest absolute Gasteiger partial charge is 0.239 e. The summed E-state index contributed by atoms with van der Waals surface area (Å²) in [4.78, 5) is 16.8.